The van der Waals surface area contributed by atoms with E-state index >= 15 is 0 Å². The van der Waals surface area contributed by atoms with Gasteiger partial charge in [-0.25, -0.2) is 0 Å². The summed E-state index contributed by atoms with van der Waals surface area (Å²) in [6.45, 7) is 2.06. The molecule has 3 nitrogen and oxygen atoms in total. The van der Waals surface area contributed by atoms with Gasteiger partial charge in [0.25, 0.3) is 0 Å². The third-order valence-corrected chi connectivity index (χ3v) is 7.26. The topological polar surface area (TPSA) is 32.3 Å². The molecule has 1 N–H and O–H groups in total. The predicted octanol–water partition coefficient (Wildman–Crippen LogP) is 6.05. The monoisotopic (exact) mass is 438 g/mol. The number of carbonyl (C=O) groups is 1. The van der Waals surface area contributed by atoms with Gasteiger partial charge in [0.05, 0.1) is 5.54 Å². The van der Waals surface area contributed by atoms with Crippen LogP contribution in [0, 0.1) is 6.92 Å². The van der Waals surface area contributed by atoms with E-state index in [0.717, 1.165) is 31.2 Å². The molecule has 1 fully saturated rings. The normalized spacial score (nSPS) is 23.0. The van der Waals surface area contributed by atoms with Gasteiger partial charge in [-0.05, 0) is 69.5 Å². The van der Waals surface area contributed by atoms with Crippen molar-refractivity contribution in [3.8, 4) is 0 Å². The summed E-state index contributed by atoms with van der Waals surface area (Å²) in [6.07, 6.45) is 7.28. The van der Waals surface area contributed by atoms with Gasteiger partial charge in [-0.2, -0.15) is 0 Å². The van der Waals surface area contributed by atoms with Gasteiger partial charge >= 0.3 is 0 Å². The Balaban J connectivity index is 1.60. The second-order valence-corrected chi connectivity index (χ2v) is 9.48. The third kappa shape index (κ3) is 4.94. The molecule has 170 valence electrons. The summed E-state index contributed by atoms with van der Waals surface area (Å²) >= 11 is 0. The fourth-order valence-electron chi connectivity index (χ4n) is 5.30. The van der Waals surface area contributed by atoms with E-state index in [2.05, 4.69) is 98.0 Å². The van der Waals surface area contributed by atoms with Crippen LogP contribution in [0.25, 0.3) is 6.08 Å². The van der Waals surface area contributed by atoms with Crippen molar-refractivity contribution in [3.63, 3.8) is 0 Å². The lowest BCUT2D eigenvalue weighted by Crippen LogP contribution is -2.54. The van der Waals surface area contributed by atoms with E-state index in [1.54, 1.807) is 6.08 Å². The summed E-state index contributed by atoms with van der Waals surface area (Å²) in [5.41, 5.74) is 4.36. The summed E-state index contributed by atoms with van der Waals surface area (Å²) < 4.78 is 0. The zero-order valence-corrected chi connectivity index (χ0v) is 19.9. The zero-order valence-electron chi connectivity index (χ0n) is 19.9. The Kier molecular flexibility index (Phi) is 6.80. The first-order valence-corrected chi connectivity index (χ1v) is 11.8. The molecule has 0 aliphatic heterocycles. The number of nitrogens with zero attached hydrogens (tertiary/aromatic N) is 1. The molecule has 0 spiro atoms. The largest absolute Gasteiger partial charge is 0.343 e. The maximum Gasteiger partial charge on any atom is 0.244 e. The molecule has 0 atom stereocenters. The van der Waals surface area contributed by atoms with E-state index in [1.165, 1.54) is 16.7 Å². The Bertz CT molecular complexity index is 1090. The summed E-state index contributed by atoms with van der Waals surface area (Å²) in [4.78, 5) is 15.5. The number of nitrogens with one attached hydrogen (secondary N) is 1. The first-order valence-electron chi connectivity index (χ1n) is 11.8. The first-order chi connectivity index (χ1) is 15.9. The fourth-order valence-corrected chi connectivity index (χ4v) is 5.30. The van der Waals surface area contributed by atoms with E-state index < -0.39 is 0 Å². The van der Waals surface area contributed by atoms with Crippen LogP contribution in [0.15, 0.2) is 91.0 Å². The molecule has 33 heavy (non-hydrogen) atoms. The molecule has 3 aromatic rings. The number of rotatable bonds is 6. The standard InChI is InChI=1S/C30H34N2O/c1-24-11-10-12-25(23-24)17-18-28(33)31-29(26-13-6-4-7-14-26)19-21-30(22-20-29,32(2)3)27-15-8-5-9-16-27/h4-18,23H,19-22H2,1-3H3,(H,31,33)/b18-17+. The summed E-state index contributed by atoms with van der Waals surface area (Å²) in [6, 6.07) is 29.4. The quantitative estimate of drug-likeness (QED) is 0.475. The highest BCUT2D eigenvalue weighted by Crippen LogP contribution is 2.48. The van der Waals surface area contributed by atoms with Crippen molar-refractivity contribution >= 4 is 12.0 Å². The van der Waals surface area contributed by atoms with Crippen LogP contribution in [0.5, 0.6) is 0 Å². The van der Waals surface area contributed by atoms with Crippen LogP contribution in [0.4, 0.5) is 0 Å². The molecule has 0 bridgehead atoms. The maximum absolute atomic E-state index is 13.1. The SMILES string of the molecule is Cc1cccc(/C=C/C(=O)NC2(c3ccccc3)CCC(c3ccccc3)(N(C)C)CC2)c1. The van der Waals surface area contributed by atoms with E-state index in [4.69, 9.17) is 0 Å². The van der Waals surface area contributed by atoms with Crippen molar-refractivity contribution in [3.05, 3.63) is 113 Å². The molecule has 1 aliphatic rings. The smallest absolute Gasteiger partial charge is 0.244 e. The molecule has 0 aromatic heterocycles. The van der Waals surface area contributed by atoms with E-state index in [1.807, 2.05) is 24.3 Å². The van der Waals surface area contributed by atoms with Gasteiger partial charge < -0.3 is 5.32 Å². The molecule has 0 radical (unpaired) electrons. The summed E-state index contributed by atoms with van der Waals surface area (Å²) in [5.74, 6) is -0.0441. The predicted molar refractivity (Wildman–Crippen MR) is 137 cm³/mol. The Morgan fingerprint density at radius 3 is 2.00 bits per heavy atom. The number of hydrogen-bond donors (Lipinski definition) is 1. The van der Waals surface area contributed by atoms with Gasteiger partial charge in [0, 0.05) is 11.6 Å². The van der Waals surface area contributed by atoms with Gasteiger partial charge in [0.2, 0.25) is 5.91 Å². The fraction of sp³-hybridized carbons (Fsp3) is 0.300. The minimum Gasteiger partial charge on any atom is -0.343 e. The third-order valence-electron chi connectivity index (χ3n) is 7.26. The molecule has 0 unspecified atom stereocenters. The maximum atomic E-state index is 13.1. The van der Waals surface area contributed by atoms with Crippen molar-refractivity contribution in [2.45, 2.75) is 43.7 Å². The number of aryl methyl sites for hydroxylation is 1. The van der Waals surface area contributed by atoms with E-state index in [-0.39, 0.29) is 17.0 Å². The van der Waals surface area contributed by atoms with Crippen molar-refractivity contribution in [1.29, 1.82) is 0 Å². The molecule has 0 saturated heterocycles. The summed E-state index contributed by atoms with van der Waals surface area (Å²) in [5, 5.41) is 3.42. The van der Waals surface area contributed by atoms with Crippen LogP contribution in [0.3, 0.4) is 0 Å². The van der Waals surface area contributed by atoms with Gasteiger partial charge in [0.1, 0.15) is 0 Å². The van der Waals surface area contributed by atoms with Crippen molar-refractivity contribution < 1.29 is 4.79 Å². The Morgan fingerprint density at radius 1 is 0.818 bits per heavy atom. The highest BCUT2D eigenvalue weighted by atomic mass is 16.1. The molecule has 3 heteroatoms. The molecule has 4 rings (SSSR count). The Labute approximate surface area is 198 Å². The van der Waals surface area contributed by atoms with Gasteiger partial charge in [-0.15, -0.1) is 0 Å². The number of hydrogen-bond acceptors (Lipinski definition) is 2. The lowest BCUT2D eigenvalue weighted by atomic mass is 9.66. The average Bonchev–Trinajstić information content (AvgIpc) is 2.84. The first kappa shape index (κ1) is 23.0. The number of benzene rings is 3. The molecule has 0 heterocycles. The van der Waals surface area contributed by atoms with E-state index in [0.29, 0.717) is 0 Å². The summed E-state index contributed by atoms with van der Waals surface area (Å²) in [7, 11) is 4.34. The van der Waals surface area contributed by atoms with Gasteiger partial charge in [0.15, 0.2) is 0 Å². The second kappa shape index (κ2) is 9.76. The van der Waals surface area contributed by atoms with Crippen LogP contribution in [0.2, 0.25) is 0 Å². The molecule has 3 aromatic carbocycles. The van der Waals surface area contributed by atoms with Crippen LogP contribution < -0.4 is 5.32 Å². The number of carbonyl (C=O) groups excluding carboxylic acids is 1. The second-order valence-electron chi connectivity index (χ2n) is 9.48. The van der Waals surface area contributed by atoms with Gasteiger partial charge in [-0.1, -0.05) is 90.5 Å². The Hall–Kier alpha value is -3.17. The highest BCUT2D eigenvalue weighted by molar-refractivity contribution is 5.92. The van der Waals surface area contributed by atoms with Crippen molar-refractivity contribution in [1.82, 2.24) is 10.2 Å². The zero-order chi connectivity index (χ0) is 23.3. The van der Waals surface area contributed by atoms with Crippen molar-refractivity contribution in [2.75, 3.05) is 14.1 Å². The molecule has 1 amide bonds. The minimum absolute atomic E-state index is 0.0261. The molecular formula is C30H34N2O. The number of amides is 1. The van der Waals surface area contributed by atoms with Gasteiger partial charge in [-0.3, -0.25) is 9.69 Å². The molecular weight excluding hydrogens is 404 g/mol. The van der Waals surface area contributed by atoms with Crippen LogP contribution in [0.1, 0.15) is 47.9 Å². The minimum atomic E-state index is -0.371. The lowest BCUT2D eigenvalue weighted by molar-refractivity contribution is -0.119. The molecule has 1 saturated carbocycles. The van der Waals surface area contributed by atoms with Crippen molar-refractivity contribution in [2.24, 2.45) is 0 Å². The average molecular weight is 439 g/mol. The lowest BCUT2D eigenvalue weighted by Gasteiger charge is -2.50. The van der Waals surface area contributed by atoms with Crippen LogP contribution in [-0.4, -0.2) is 24.9 Å². The molecule has 1 aliphatic carbocycles. The van der Waals surface area contributed by atoms with Crippen LogP contribution in [-0.2, 0) is 15.9 Å². The van der Waals surface area contributed by atoms with Crippen LogP contribution >= 0.6 is 0 Å². The Morgan fingerprint density at radius 2 is 1.42 bits per heavy atom. The highest BCUT2D eigenvalue weighted by Gasteiger charge is 2.46. The van der Waals surface area contributed by atoms with E-state index in [9.17, 15) is 4.79 Å².